The van der Waals surface area contributed by atoms with Crippen LogP contribution >= 0.6 is 23.2 Å². The van der Waals surface area contributed by atoms with Crippen molar-refractivity contribution in [1.29, 1.82) is 0 Å². The van der Waals surface area contributed by atoms with Crippen molar-refractivity contribution in [3.05, 3.63) is 64.6 Å². The zero-order chi connectivity index (χ0) is 16.4. The van der Waals surface area contributed by atoms with Crippen LogP contribution in [-0.4, -0.2) is 5.91 Å². The molecule has 0 bridgehead atoms. The lowest BCUT2D eigenvalue weighted by molar-refractivity contribution is -0.114. The van der Waals surface area contributed by atoms with Crippen molar-refractivity contribution in [2.45, 2.75) is 6.92 Å². The van der Waals surface area contributed by atoms with E-state index >= 15 is 0 Å². The molecule has 0 atom stereocenters. The van der Waals surface area contributed by atoms with E-state index in [1.165, 1.54) is 6.92 Å². The highest BCUT2D eigenvalue weighted by Crippen LogP contribution is 2.37. The number of carbonyl (C=O) groups excluding carboxylic acids is 1. The lowest BCUT2D eigenvalue weighted by atomic mass is 10.1. The fourth-order valence-electron chi connectivity index (χ4n) is 2.31. The molecule has 0 radical (unpaired) electrons. The molecule has 1 amide bonds. The minimum Gasteiger partial charge on any atom is -0.455 e. The van der Waals surface area contributed by atoms with Gasteiger partial charge in [-0.15, -0.1) is 0 Å². The van der Waals surface area contributed by atoms with Crippen LogP contribution < -0.4 is 10.1 Å². The van der Waals surface area contributed by atoms with Crippen molar-refractivity contribution in [3.63, 3.8) is 0 Å². The lowest BCUT2D eigenvalue weighted by Gasteiger charge is -2.12. The number of nitrogens with one attached hydrogen (secondary N) is 1. The smallest absolute Gasteiger partial charge is 0.221 e. The molecule has 5 heteroatoms. The Morgan fingerprint density at radius 1 is 0.913 bits per heavy atom. The lowest BCUT2D eigenvalue weighted by Crippen LogP contribution is -2.05. The number of halogens is 2. The van der Waals surface area contributed by atoms with Gasteiger partial charge in [-0.2, -0.15) is 0 Å². The Hall–Kier alpha value is -2.23. The van der Waals surface area contributed by atoms with Crippen LogP contribution in [0.1, 0.15) is 6.92 Å². The first kappa shape index (κ1) is 15.7. The Bertz CT molecular complexity index is 893. The fraction of sp³-hybridized carbons (Fsp3) is 0.0556. The predicted octanol–water partition coefficient (Wildman–Crippen LogP) is 5.90. The van der Waals surface area contributed by atoms with E-state index in [1.54, 1.807) is 24.3 Å². The summed E-state index contributed by atoms with van der Waals surface area (Å²) < 4.78 is 5.93. The minimum atomic E-state index is -0.154. The predicted molar refractivity (Wildman–Crippen MR) is 94.8 cm³/mol. The molecular weight excluding hydrogens is 333 g/mol. The number of fused-ring (bicyclic) bond motifs is 1. The van der Waals surface area contributed by atoms with Crippen LogP contribution in [0.5, 0.6) is 11.5 Å². The Morgan fingerprint density at radius 2 is 1.61 bits per heavy atom. The summed E-state index contributed by atoms with van der Waals surface area (Å²) in [5.41, 5.74) is 0.621. The average Bonchev–Trinajstić information content (AvgIpc) is 2.52. The quantitative estimate of drug-likeness (QED) is 0.641. The van der Waals surface area contributed by atoms with Crippen molar-refractivity contribution in [2.75, 3.05) is 5.32 Å². The maximum Gasteiger partial charge on any atom is 0.221 e. The minimum absolute atomic E-state index is 0.154. The molecule has 0 fully saturated rings. The van der Waals surface area contributed by atoms with E-state index in [0.717, 1.165) is 10.8 Å². The fourth-order valence-corrected chi connectivity index (χ4v) is 2.75. The number of carbonyl (C=O) groups is 1. The molecular formula is C18H13Cl2NO2. The first-order chi connectivity index (χ1) is 11.0. The van der Waals surface area contributed by atoms with E-state index in [4.69, 9.17) is 27.9 Å². The molecule has 0 aromatic heterocycles. The van der Waals surface area contributed by atoms with Gasteiger partial charge in [-0.05, 0) is 30.3 Å². The molecule has 3 aromatic carbocycles. The average molecular weight is 346 g/mol. The molecule has 23 heavy (non-hydrogen) atoms. The number of anilines is 1. The van der Waals surface area contributed by atoms with E-state index in [0.29, 0.717) is 27.2 Å². The number of amides is 1. The Labute approximate surface area is 143 Å². The monoisotopic (exact) mass is 345 g/mol. The van der Waals surface area contributed by atoms with E-state index in [-0.39, 0.29) is 5.91 Å². The van der Waals surface area contributed by atoms with Crippen LogP contribution in [0.3, 0.4) is 0 Å². The highest BCUT2D eigenvalue weighted by Gasteiger charge is 2.09. The molecule has 0 unspecified atom stereocenters. The molecule has 0 aliphatic rings. The Kier molecular flexibility index (Phi) is 4.42. The molecule has 0 heterocycles. The summed E-state index contributed by atoms with van der Waals surface area (Å²) in [5, 5.41) is 5.58. The largest absolute Gasteiger partial charge is 0.455 e. The van der Waals surface area contributed by atoms with Crippen molar-refractivity contribution < 1.29 is 9.53 Å². The maximum atomic E-state index is 11.1. The Morgan fingerprint density at radius 3 is 2.30 bits per heavy atom. The second-order valence-corrected chi connectivity index (χ2v) is 5.83. The highest BCUT2D eigenvalue weighted by atomic mass is 35.5. The van der Waals surface area contributed by atoms with Gasteiger partial charge in [-0.3, -0.25) is 4.79 Å². The molecule has 0 spiro atoms. The first-order valence-electron chi connectivity index (χ1n) is 6.97. The summed E-state index contributed by atoms with van der Waals surface area (Å²) >= 11 is 12.5. The van der Waals surface area contributed by atoms with Gasteiger partial charge in [-0.1, -0.05) is 47.5 Å². The van der Waals surface area contributed by atoms with Gasteiger partial charge in [0.05, 0.1) is 5.02 Å². The maximum absolute atomic E-state index is 11.1. The van der Waals surface area contributed by atoms with Crippen molar-refractivity contribution in [2.24, 2.45) is 0 Å². The number of benzene rings is 3. The molecule has 0 saturated heterocycles. The Balaban J connectivity index is 1.97. The van der Waals surface area contributed by atoms with E-state index in [2.05, 4.69) is 5.32 Å². The molecule has 1 N–H and O–H groups in total. The van der Waals surface area contributed by atoms with E-state index in [9.17, 15) is 4.79 Å². The molecule has 3 aromatic rings. The summed E-state index contributed by atoms with van der Waals surface area (Å²) in [5.74, 6) is 1.02. The second kappa shape index (κ2) is 6.49. The molecule has 3 nitrogen and oxygen atoms in total. The molecule has 0 aliphatic heterocycles. The van der Waals surface area contributed by atoms with Gasteiger partial charge in [0.15, 0.2) is 0 Å². The van der Waals surface area contributed by atoms with Crippen LogP contribution in [0.25, 0.3) is 10.8 Å². The van der Waals surface area contributed by atoms with Gasteiger partial charge in [0.2, 0.25) is 5.91 Å². The SMILES string of the molecule is CC(=O)Nc1ccc(Oc2ccc(Cl)c3ccccc23)c(Cl)c1. The number of rotatable bonds is 3. The molecule has 0 aliphatic carbocycles. The zero-order valence-electron chi connectivity index (χ0n) is 12.3. The van der Waals surface area contributed by atoms with Gasteiger partial charge in [-0.25, -0.2) is 0 Å². The summed E-state index contributed by atoms with van der Waals surface area (Å²) in [4.78, 5) is 11.1. The normalized spacial score (nSPS) is 10.6. The van der Waals surface area contributed by atoms with Gasteiger partial charge >= 0.3 is 0 Å². The van der Waals surface area contributed by atoms with Crippen LogP contribution in [0, 0.1) is 0 Å². The van der Waals surface area contributed by atoms with Crippen LogP contribution in [0.4, 0.5) is 5.69 Å². The standard InChI is InChI=1S/C18H13Cl2NO2/c1-11(22)21-12-6-8-18(16(20)10-12)23-17-9-7-15(19)13-4-2-3-5-14(13)17/h2-10H,1H3,(H,21,22). The third-order valence-corrected chi connectivity index (χ3v) is 3.93. The van der Waals surface area contributed by atoms with Gasteiger partial charge in [0.25, 0.3) is 0 Å². The van der Waals surface area contributed by atoms with Crippen molar-refractivity contribution in [1.82, 2.24) is 0 Å². The highest BCUT2D eigenvalue weighted by molar-refractivity contribution is 6.35. The number of hydrogen-bond acceptors (Lipinski definition) is 2. The zero-order valence-corrected chi connectivity index (χ0v) is 13.8. The number of ether oxygens (including phenoxy) is 1. The molecule has 0 saturated carbocycles. The van der Waals surface area contributed by atoms with Crippen molar-refractivity contribution >= 4 is 45.6 Å². The van der Waals surface area contributed by atoms with Crippen LogP contribution in [0.15, 0.2) is 54.6 Å². The summed E-state index contributed by atoms with van der Waals surface area (Å²) in [6.45, 7) is 1.44. The molecule has 3 rings (SSSR count). The topological polar surface area (TPSA) is 38.3 Å². The van der Waals surface area contributed by atoms with Gasteiger partial charge in [0, 0.05) is 28.4 Å². The summed E-state index contributed by atoms with van der Waals surface area (Å²) in [6.07, 6.45) is 0. The van der Waals surface area contributed by atoms with E-state index in [1.807, 2.05) is 30.3 Å². The second-order valence-electron chi connectivity index (χ2n) is 5.02. The van der Waals surface area contributed by atoms with Crippen LogP contribution in [0.2, 0.25) is 10.0 Å². The van der Waals surface area contributed by atoms with Crippen molar-refractivity contribution in [3.8, 4) is 11.5 Å². The number of hydrogen-bond donors (Lipinski definition) is 1. The third kappa shape index (κ3) is 3.41. The third-order valence-electron chi connectivity index (χ3n) is 3.30. The first-order valence-corrected chi connectivity index (χ1v) is 7.72. The van der Waals surface area contributed by atoms with E-state index < -0.39 is 0 Å². The summed E-state index contributed by atoms with van der Waals surface area (Å²) in [7, 11) is 0. The van der Waals surface area contributed by atoms with Gasteiger partial charge < -0.3 is 10.1 Å². The van der Waals surface area contributed by atoms with Gasteiger partial charge in [0.1, 0.15) is 11.5 Å². The summed E-state index contributed by atoms with van der Waals surface area (Å²) in [6, 6.07) is 16.4. The van der Waals surface area contributed by atoms with Crippen LogP contribution in [-0.2, 0) is 4.79 Å². The molecule has 116 valence electrons.